The standard InChI is InChI=1S/C33H21FN2O5/c34-25-14-5-4-13-24(25)28-29(30(37)20-9-7-10-21(18-20)36(40)41)35-26-15-6-1-8-19(26)16-17-27(35)33(28)31(38)22-11-2-3-12-23(22)32(33)39/h1-18,27-29H/t27-,28+,29+/m1/s1. The largest absolute Gasteiger partial charge is 0.352 e. The van der Waals surface area contributed by atoms with E-state index in [0.717, 1.165) is 5.56 Å². The summed E-state index contributed by atoms with van der Waals surface area (Å²) >= 11 is 0. The average Bonchev–Trinajstić information content (AvgIpc) is 3.43. The molecule has 1 aliphatic carbocycles. The molecule has 3 aliphatic rings. The maximum atomic E-state index is 15.8. The Morgan fingerprint density at radius 3 is 2.22 bits per heavy atom. The minimum Gasteiger partial charge on any atom is -0.352 e. The summed E-state index contributed by atoms with van der Waals surface area (Å²) in [5, 5.41) is 11.6. The SMILES string of the molecule is O=C(c1cccc([N+](=O)[O-])c1)[C@@H]1[C@H](c2ccccc2F)C2(C(=O)c3ccccc3C2=O)[C@H]2C=Cc3ccccc3N12. The lowest BCUT2D eigenvalue weighted by Gasteiger charge is -2.37. The Morgan fingerprint density at radius 1 is 0.854 bits per heavy atom. The number of para-hydroxylation sites is 1. The highest BCUT2D eigenvalue weighted by Gasteiger charge is 2.71. The van der Waals surface area contributed by atoms with E-state index in [1.54, 1.807) is 53.4 Å². The zero-order valence-corrected chi connectivity index (χ0v) is 21.4. The van der Waals surface area contributed by atoms with Crippen molar-refractivity contribution in [2.24, 2.45) is 5.41 Å². The van der Waals surface area contributed by atoms with Crippen molar-refractivity contribution < 1.29 is 23.7 Å². The van der Waals surface area contributed by atoms with E-state index in [9.17, 15) is 24.5 Å². The summed E-state index contributed by atoms with van der Waals surface area (Å²) in [6.45, 7) is 0. The second kappa shape index (κ2) is 8.89. The van der Waals surface area contributed by atoms with Gasteiger partial charge in [-0.2, -0.15) is 0 Å². The first kappa shape index (κ1) is 24.8. The van der Waals surface area contributed by atoms with Crippen LogP contribution in [-0.2, 0) is 0 Å². The number of non-ortho nitro benzene ring substituents is 1. The van der Waals surface area contributed by atoms with Gasteiger partial charge in [-0.15, -0.1) is 0 Å². The van der Waals surface area contributed by atoms with Gasteiger partial charge in [0.2, 0.25) is 0 Å². The fourth-order valence-electron chi connectivity index (χ4n) is 6.93. The second-order valence-corrected chi connectivity index (χ2v) is 10.5. The first-order valence-electron chi connectivity index (χ1n) is 13.1. The van der Waals surface area contributed by atoms with E-state index in [1.165, 1.54) is 42.5 Å². The highest BCUT2D eigenvalue weighted by Crippen LogP contribution is 2.61. The minimum absolute atomic E-state index is 0.0313. The molecule has 8 heteroatoms. The van der Waals surface area contributed by atoms with Gasteiger partial charge in [-0.3, -0.25) is 24.5 Å². The van der Waals surface area contributed by atoms with Crippen LogP contribution in [0.2, 0.25) is 0 Å². The molecule has 0 unspecified atom stereocenters. The predicted molar refractivity (Wildman–Crippen MR) is 150 cm³/mol. The van der Waals surface area contributed by atoms with Gasteiger partial charge in [0.15, 0.2) is 17.3 Å². The molecule has 0 saturated carbocycles. The van der Waals surface area contributed by atoms with Crippen LogP contribution < -0.4 is 4.90 Å². The molecule has 2 heterocycles. The molecule has 3 atom stereocenters. The molecule has 200 valence electrons. The monoisotopic (exact) mass is 544 g/mol. The van der Waals surface area contributed by atoms with Gasteiger partial charge in [0.05, 0.1) is 11.0 Å². The third-order valence-corrected chi connectivity index (χ3v) is 8.56. The number of nitro groups is 1. The molecule has 4 aromatic rings. The van der Waals surface area contributed by atoms with E-state index in [0.29, 0.717) is 5.69 Å². The average molecular weight is 545 g/mol. The van der Waals surface area contributed by atoms with Crippen LogP contribution in [0, 0.1) is 21.3 Å². The number of halogens is 1. The van der Waals surface area contributed by atoms with Crippen molar-refractivity contribution in [1.29, 1.82) is 0 Å². The number of anilines is 1. The molecule has 2 aliphatic heterocycles. The van der Waals surface area contributed by atoms with E-state index in [1.807, 2.05) is 18.2 Å². The molecule has 1 saturated heterocycles. The van der Waals surface area contributed by atoms with Gasteiger partial charge in [0.25, 0.3) is 5.69 Å². The summed E-state index contributed by atoms with van der Waals surface area (Å²) in [5.41, 5.74) is -0.198. The van der Waals surface area contributed by atoms with Crippen molar-refractivity contribution in [3.8, 4) is 0 Å². The molecule has 0 amide bonds. The van der Waals surface area contributed by atoms with Crippen LogP contribution in [-0.4, -0.2) is 34.4 Å². The lowest BCUT2D eigenvalue weighted by molar-refractivity contribution is -0.384. The number of nitrogens with zero attached hydrogens (tertiary/aromatic N) is 2. The molecule has 7 nitrogen and oxygen atoms in total. The Morgan fingerprint density at radius 2 is 1.51 bits per heavy atom. The Hall–Kier alpha value is -5.24. The first-order chi connectivity index (χ1) is 19.9. The summed E-state index contributed by atoms with van der Waals surface area (Å²) in [6, 6.07) is 22.9. The lowest BCUT2D eigenvalue weighted by Crippen LogP contribution is -2.48. The van der Waals surface area contributed by atoms with Gasteiger partial charge < -0.3 is 4.90 Å². The number of hydrogen-bond donors (Lipinski definition) is 0. The molecule has 41 heavy (non-hydrogen) atoms. The minimum atomic E-state index is -1.85. The number of nitro benzene ring substituents is 1. The molecule has 0 aromatic heterocycles. The Labute approximate surface area is 233 Å². The van der Waals surface area contributed by atoms with Gasteiger partial charge in [0.1, 0.15) is 17.3 Å². The molecular weight excluding hydrogens is 523 g/mol. The summed E-state index contributed by atoms with van der Waals surface area (Å²) in [4.78, 5) is 56.4. The van der Waals surface area contributed by atoms with Crippen molar-refractivity contribution >= 4 is 34.8 Å². The number of ketones is 3. The maximum absolute atomic E-state index is 15.8. The third kappa shape index (κ3) is 3.27. The van der Waals surface area contributed by atoms with Crippen LogP contribution in [0.4, 0.5) is 15.8 Å². The van der Waals surface area contributed by atoms with Crippen molar-refractivity contribution in [2.75, 3.05) is 4.90 Å². The van der Waals surface area contributed by atoms with Crippen LogP contribution >= 0.6 is 0 Å². The number of rotatable bonds is 4. The van der Waals surface area contributed by atoms with Crippen LogP contribution in [0.1, 0.15) is 48.1 Å². The van der Waals surface area contributed by atoms with E-state index >= 15 is 4.39 Å². The number of Topliss-reactive ketones (excluding diaryl/α,β-unsaturated/α-hetero) is 3. The number of fused-ring (bicyclic) bond motifs is 5. The van der Waals surface area contributed by atoms with Gasteiger partial charge in [-0.1, -0.05) is 84.9 Å². The topological polar surface area (TPSA) is 97.6 Å². The van der Waals surface area contributed by atoms with E-state index in [4.69, 9.17) is 0 Å². The van der Waals surface area contributed by atoms with Gasteiger partial charge in [0, 0.05) is 40.4 Å². The molecular formula is C33H21FN2O5. The number of hydrogen-bond acceptors (Lipinski definition) is 6. The van der Waals surface area contributed by atoms with Crippen molar-refractivity contribution in [2.45, 2.75) is 18.0 Å². The summed E-state index contributed by atoms with van der Waals surface area (Å²) in [7, 11) is 0. The van der Waals surface area contributed by atoms with E-state index in [-0.39, 0.29) is 27.9 Å². The Kier molecular flexibility index (Phi) is 5.37. The highest BCUT2D eigenvalue weighted by molar-refractivity contribution is 6.32. The number of benzene rings is 4. The summed E-state index contributed by atoms with van der Waals surface area (Å²) in [6.07, 6.45) is 3.57. The van der Waals surface area contributed by atoms with Gasteiger partial charge in [-0.05, 0) is 23.3 Å². The number of carbonyl (C=O) groups is 3. The molecule has 0 N–H and O–H groups in total. The molecule has 4 aromatic carbocycles. The molecule has 7 rings (SSSR count). The highest BCUT2D eigenvalue weighted by atomic mass is 19.1. The molecule has 0 radical (unpaired) electrons. The smallest absolute Gasteiger partial charge is 0.270 e. The fraction of sp³-hybridized carbons (Fsp3) is 0.121. The van der Waals surface area contributed by atoms with Crippen LogP contribution in [0.5, 0.6) is 0 Å². The second-order valence-electron chi connectivity index (χ2n) is 10.5. The van der Waals surface area contributed by atoms with Crippen molar-refractivity contribution in [3.63, 3.8) is 0 Å². The normalized spacial score (nSPS) is 21.5. The van der Waals surface area contributed by atoms with Crippen molar-refractivity contribution in [1.82, 2.24) is 0 Å². The van der Waals surface area contributed by atoms with Crippen LogP contribution in [0.25, 0.3) is 6.08 Å². The molecule has 0 bridgehead atoms. The zero-order valence-electron chi connectivity index (χ0n) is 21.4. The van der Waals surface area contributed by atoms with E-state index < -0.39 is 51.5 Å². The molecule has 1 fully saturated rings. The van der Waals surface area contributed by atoms with Gasteiger partial charge >= 0.3 is 0 Å². The summed E-state index contributed by atoms with van der Waals surface area (Å²) in [5.74, 6) is -3.38. The third-order valence-electron chi connectivity index (χ3n) is 8.56. The summed E-state index contributed by atoms with van der Waals surface area (Å²) < 4.78 is 15.8. The Balaban J connectivity index is 1.55. The van der Waals surface area contributed by atoms with Crippen molar-refractivity contribution in [3.05, 3.63) is 147 Å². The van der Waals surface area contributed by atoms with Crippen LogP contribution in [0.15, 0.2) is 103 Å². The van der Waals surface area contributed by atoms with Crippen LogP contribution in [0.3, 0.4) is 0 Å². The predicted octanol–water partition coefficient (Wildman–Crippen LogP) is 6.05. The maximum Gasteiger partial charge on any atom is 0.270 e. The van der Waals surface area contributed by atoms with E-state index in [2.05, 4.69) is 0 Å². The number of carbonyl (C=O) groups excluding carboxylic acids is 3. The van der Waals surface area contributed by atoms with Gasteiger partial charge in [-0.25, -0.2) is 4.39 Å². The lowest BCUT2D eigenvalue weighted by atomic mass is 9.64. The quantitative estimate of drug-likeness (QED) is 0.134. The molecule has 1 spiro atoms. The first-order valence-corrected chi connectivity index (χ1v) is 13.1. The zero-order chi connectivity index (χ0) is 28.5. The fourth-order valence-corrected chi connectivity index (χ4v) is 6.93. The Bertz CT molecular complexity index is 1810.